The van der Waals surface area contributed by atoms with Crippen LogP contribution in [0.4, 0.5) is 0 Å². The third kappa shape index (κ3) is 3.54. The Bertz CT molecular complexity index is 662. The first-order valence-corrected chi connectivity index (χ1v) is 6.78. The van der Waals surface area contributed by atoms with Crippen molar-refractivity contribution < 1.29 is 19.7 Å². The molecule has 0 saturated heterocycles. The van der Waals surface area contributed by atoms with Gasteiger partial charge in [-0.1, -0.05) is 19.1 Å². The Morgan fingerprint density at radius 1 is 1.14 bits per heavy atom. The Balaban J connectivity index is 2.13. The van der Waals surface area contributed by atoms with Crippen LogP contribution in [-0.4, -0.2) is 22.6 Å². The Hall–Kier alpha value is -2.49. The number of ether oxygens (including phenoxy) is 1. The number of ketones is 1. The first kappa shape index (κ1) is 14.9. The van der Waals surface area contributed by atoms with Crippen LogP contribution in [0.3, 0.4) is 0 Å². The number of hydrogen-bond acceptors (Lipinski definition) is 4. The van der Waals surface area contributed by atoms with Crippen molar-refractivity contribution in [3.63, 3.8) is 0 Å². The molecule has 0 bridgehead atoms. The minimum Gasteiger partial charge on any atom is -0.508 e. The molecule has 0 heterocycles. The Morgan fingerprint density at radius 2 is 1.90 bits per heavy atom. The van der Waals surface area contributed by atoms with E-state index in [0.717, 1.165) is 5.56 Å². The van der Waals surface area contributed by atoms with Gasteiger partial charge in [0.15, 0.2) is 6.61 Å². The average molecular weight is 286 g/mol. The van der Waals surface area contributed by atoms with Crippen LogP contribution < -0.4 is 4.74 Å². The van der Waals surface area contributed by atoms with Crippen LogP contribution in [-0.2, 0) is 6.42 Å². The van der Waals surface area contributed by atoms with Crippen LogP contribution in [0.2, 0.25) is 0 Å². The highest BCUT2D eigenvalue weighted by molar-refractivity contribution is 6.00. The van der Waals surface area contributed by atoms with Gasteiger partial charge in [0.2, 0.25) is 5.78 Å². The van der Waals surface area contributed by atoms with Gasteiger partial charge < -0.3 is 14.9 Å². The van der Waals surface area contributed by atoms with Crippen molar-refractivity contribution in [1.29, 1.82) is 0 Å². The summed E-state index contributed by atoms with van der Waals surface area (Å²) in [6.07, 6.45) is 0.575. The summed E-state index contributed by atoms with van der Waals surface area (Å²) in [5.74, 6) is 0.0368. The monoisotopic (exact) mass is 286 g/mol. The highest BCUT2D eigenvalue weighted by atomic mass is 16.5. The molecule has 2 rings (SSSR count). The minimum atomic E-state index is -0.330. The summed E-state index contributed by atoms with van der Waals surface area (Å²) < 4.78 is 5.44. The van der Waals surface area contributed by atoms with Gasteiger partial charge in [-0.2, -0.15) is 0 Å². The van der Waals surface area contributed by atoms with E-state index < -0.39 is 0 Å². The topological polar surface area (TPSA) is 66.8 Å². The van der Waals surface area contributed by atoms with Gasteiger partial charge in [-0.25, -0.2) is 0 Å². The van der Waals surface area contributed by atoms with Gasteiger partial charge in [-0.3, -0.25) is 4.79 Å². The molecule has 0 aromatic heterocycles. The summed E-state index contributed by atoms with van der Waals surface area (Å²) in [5, 5.41) is 19.4. The van der Waals surface area contributed by atoms with Crippen molar-refractivity contribution >= 4 is 5.78 Å². The summed E-state index contributed by atoms with van der Waals surface area (Å²) in [5.41, 5.74) is 1.82. The Morgan fingerprint density at radius 3 is 2.57 bits per heavy atom. The predicted molar refractivity (Wildman–Crippen MR) is 80.2 cm³/mol. The zero-order valence-corrected chi connectivity index (χ0v) is 12.1. The number of aromatic hydroxyl groups is 2. The van der Waals surface area contributed by atoms with Gasteiger partial charge in [0, 0.05) is 6.07 Å². The molecule has 0 fully saturated rings. The lowest BCUT2D eigenvalue weighted by molar-refractivity contribution is 0.0918. The van der Waals surface area contributed by atoms with Crippen molar-refractivity contribution in [3.8, 4) is 17.2 Å². The predicted octanol–water partition coefficient (Wildman–Crippen LogP) is 3.23. The van der Waals surface area contributed by atoms with E-state index in [9.17, 15) is 15.0 Å². The molecule has 0 aliphatic carbocycles. The molecule has 0 aliphatic heterocycles. The second-order valence-electron chi connectivity index (χ2n) is 4.88. The maximum absolute atomic E-state index is 12.1. The molecule has 0 spiro atoms. The number of hydrogen-bond donors (Lipinski definition) is 2. The number of aryl methyl sites for hydroxylation is 2. The van der Waals surface area contributed by atoms with Gasteiger partial charge in [0.25, 0.3) is 0 Å². The number of phenolic OH excluding ortho intramolecular Hbond substituents is 2. The van der Waals surface area contributed by atoms with E-state index in [1.807, 2.05) is 32.0 Å². The molecular formula is C17H18O4. The first-order chi connectivity index (χ1) is 10.0. The summed E-state index contributed by atoms with van der Waals surface area (Å²) in [6.45, 7) is 3.64. The van der Waals surface area contributed by atoms with Crippen molar-refractivity contribution in [2.75, 3.05) is 6.61 Å². The molecule has 4 nitrogen and oxygen atoms in total. The lowest BCUT2D eigenvalue weighted by atomic mass is 10.0. The number of carbonyl (C=O) groups excluding carboxylic acids is 1. The number of benzene rings is 2. The molecule has 0 unspecified atom stereocenters. The van der Waals surface area contributed by atoms with Crippen LogP contribution >= 0.6 is 0 Å². The third-order valence-corrected chi connectivity index (χ3v) is 3.24. The SMILES string of the molecule is CCc1cc(C(=O)COc2cccc(C)c2)c(O)cc1O. The minimum absolute atomic E-state index is 0.00819. The lowest BCUT2D eigenvalue weighted by Gasteiger charge is -2.10. The summed E-state index contributed by atoms with van der Waals surface area (Å²) in [7, 11) is 0. The summed E-state index contributed by atoms with van der Waals surface area (Å²) in [6, 6.07) is 10.1. The van der Waals surface area contributed by atoms with Crippen LogP contribution in [0, 0.1) is 6.92 Å². The Labute approximate surface area is 123 Å². The van der Waals surface area contributed by atoms with Crippen molar-refractivity contribution in [1.82, 2.24) is 0 Å². The molecule has 21 heavy (non-hydrogen) atoms. The standard InChI is InChI=1S/C17H18O4/c1-3-12-8-14(16(19)9-15(12)18)17(20)10-21-13-6-4-5-11(2)7-13/h4-9,18-19H,3,10H2,1-2H3. The van der Waals surface area contributed by atoms with Gasteiger partial charge in [0.05, 0.1) is 5.56 Å². The molecular weight excluding hydrogens is 268 g/mol. The maximum atomic E-state index is 12.1. The fourth-order valence-electron chi connectivity index (χ4n) is 2.06. The summed E-state index contributed by atoms with van der Waals surface area (Å²) in [4.78, 5) is 12.1. The average Bonchev–Trinajstić information content (AvgIpc) is 2.45. The highest BCUT2D eigenvalue weighted by Gasteiger charge is 2.15. The smallest absolute Gasteiger partial charge is 0.203 e. The normalized spacial score (nSPS) is 10.4. The molecule has 0 radical (unpaired) electrons. The van der Waals surface area contributed by atoms with E-state index in [1.165, 1.54) is 12.1 Å². The molecule has 2 N–H and O–H groups in total. The van der Waals surface area contributed by atoms with E-state index in [-0.39, 0.29) is 29.5 Å². The molecule has 4 heteroatoms. The molecule has 0 aliphatic rings. The second-order valence-corrected chi connectivity index (χ2v) is 4.88. The largest absolute Gasteiger partial charge is 0.508 e. The van der Waals surface area contributed by atoms with Crippen molar-refractivity contribution in [3.05, 3.63) is 53.1 Å². The number of rotatable bonds is 5. The summed E-state index contributed by atoms with van der Waals surface area (Å²) >= 11 is 0. The quantitative estimate of drug-likeness (QED) is 0.828. The van der Waals surface area contributed by atoms with Crippen molar-refractivity contribution in [2.24, 2.45) is 0 Å². The molecule has 0 atom stereocenters. The van der Waals surface area contributed by atoms with Crippen LogP contribution in [0.5, 0.6) is 17.2 Å². The number of Topliss-reactive ketones (excluding diaryl/α,β-unsaturated/α-hetero) is 1. The fraction of sp³-hybridized carbons (Fsp3) is 0.235. The van der Waals surface area contributed by atoms with Gasteiger partial charge in [-0.15, -0.1) is 0 Å². The first-order valence-electron chi connectivity index (χ1n) is 6.78. The van der Waals surface area contributed by atoms with E-state index >= 15 is 0 Å². The van der Waals surface area contributed by atoms with E-state index in [2.05, 4.69) is 0 Å². The fourth-order valence-corrected chi connectivity index (χ4v) is 2.06. The van der Waals surface area contributed by atoms with E-state index in [4.69, 9.17) is 4.74 Å². The van der Waals surface area contributed by atoms with Gasteiger partial charge in [-0.05, 0) is 42.7 Å². The van der Waals surface area contributed by atoms with Gasteiger partial charge >= 0.3 is 0 Å². The van der Waals surface area contributed by atoms with Gasteiger partial charge in [0.1, 0.15) is 17.2 Å². The number of carbonyl (C=O) groups is 1. The van der Waals surface area contributed by atoms with Crippen LogP contribution in [0.15, 0.2) is 36.4 Å². The second kappa shape index (κ2) is 6.31. The zero-order chi connectivity index (χ0) is 15.4. The molecule has 2 aromatic carbocycles. The molecule has 110 valence electrons. The third-order valence-electron chi connectivity index (χ3n) is 3.24. The molecule has 0 saturated carbocycles. The van der Waals surface area contributed by atoms with Crippen LogP contribution in [0.1, 0.15) is 28.4 Å². The highest BCUT2D eigenvalue weighted by Crippen LogP contribution is 2.28. The van der Waals surface area contributed by atoms with Crippen molar-refractivity contribution in [2.45, 2.75) is 20.3 Å². The zero-order valence-electron chi connectivity index (χ0n) is 12.1. The van der Waals surface area contributed by atoms with Crippen LogP contribution in [0.25, 0.3) is 0 Å². The number of phenols is 2. The molecule has 0 amide bonds. The maximum Gasteiger partial charge on any atom is 0.203 e. The molecule has 2 aromatic rings. The van der Waals surface area contributed by atoms with E-state index in [1.54, 1.807) is 6.07 Å². The Kier molecular flexibility index (Phi) is 4.48. The van der Waals surface area contributed by atoms with E-state index in [0.29, 0.717) is 17.7 Å². The lowest BCUT2D eigenvalue weighted by Crippen LogP contribution is -2.12.